The van der Waals surface area contributed by atoms with Gasteiger partial charge in [0.2, 0.25) is 5.91 Å². The van der Waals surface area contributed by atoms with Crippen LogP contribution in [0.5, 0.6) is 0 Å². The van der Waals surface area contributed by atoms with Crippen molar-refractivity contribution >= 4 is 27.3 Å². The summed E-state index contributed by atoms with van der Waals surface area (Å²) < 4.78 is 25.3. The molecule has 0 spiro atoms. The Bertz CT molecular complexity index is 877. The second kappa shape index (κ2) is 7.37. The fraction of sp³-hybridized carbons (Fsp3) is 0.368. The zero-order valence-electron chi connectivity index (χ0n) is 14.6. The Morgan fingerprint density at radius 1 is 1.19 bits per heavy atom. The second-order valence-corrected chi connectivity index (χ2v) is 9.38. The highest BCUT2D eigenvalue weighted by Crippen LogP contribution is 2.42. The number of hydrogen-bond donors (Lipinski definition) is 0. The van der Waals surface area contributed by atoms with Gasteiger partial charge in [0.15, 0.2) is 14.6 Å². The fourth-order valence-electron chi connectivity index (χ4n) is 3.57. The molecule has 0 saturated heterocycles. The van der Waals surface area contributed by atoms with Gasteiger partial charge < -0.3 is 4.90 Å². The normalized spacial score (nSPS) is 16.4. The van der Waals surface area contributed by atoms with Gasteiger partial charge in [-0.05, 0) is 48.7 Å². The molecule has 138 valence electrons. The van der Waals surface area contributed by atoms with Gasteiger partial charge in [-0.15, -0.1) is 0 Å². The summed E-state index contributed by atoms with van der Waals surface area (Å²) in [5.74, 6) is -0.353. The number of amides is 1. The lowest BCUT2D eigenvalue weighted by Crippen LogP contribution is -2.50. The Labute approximate surface area is 158 Å². The maximum atomic E-state index is 13.4. The van der Waals surface area contributed by atoms with Crippen LogP contribution in [0.4, 0.5) is 0 Å². The summed E-state index contributed by atoms with van der Waals surface area (Å²) in [4.78, 5) is 18.9. The number of halogens is 1. The summed E-state index contributed by atoms with van der Waals surface area (Å²) >= 11 is 5.88. The van der Waals surface area contributed by atoms with Gasteiger partial charge in [-0.3, -0.25) is 9.78 Å². The minimum Gasteiger partial charge on any atom is -0.340 e. The van der Waals surface area contributed by atoms with Gasteiger partial charge in [-0.1, -0.05) is 30.5 Å². The molecule has 0 unspecified atom stereocenters. The van der Waals surface area contributed by atoms with E-state index in [0.29, 0.717) is 24.4 Å². The zero-order chi connectivity index (χ0) is 18.8. The predicted molar refractivity (Wildman–Crippen MR) is 101 cm³/mol. The molecule has 1 saturated carbocycles. The van der Waals surface area contributed by atoms with Crippen molar-refractivity contribution in [1.29, 1.82) is 0 Å². The number of sulfone groups is 1. The van der Waals surface area contributed by atoms with Gasteiger partial charge in [0.25, 0.3) is 0 Å². The van der Waals surface area contributed by atoms with Crippen LogP contribution >= 0.6 is 11.6 Å². The molecule has 3 rings (SSSR count). The van der Waals surface area contributed by atoms with Crippen molar-refractivity contribution in [3.8, 4) is 0 Å². The molecule has 0 radical (unpaired) electrons. The number of benzene rings is 1. The van der Waals surface area contributed by atoms with Gasteiger partial charge >= 0.3 is 0 Å². The Morgan fingerprint density at radius 3 is 2.42 bits per heavy atom. The first kappa shape index (κ1) is 18.9. The van der Waals surface area contributed by atoms with Crippen LogP contribution in [0.1, 0.15) is 31.2 Å². The molecule has 5 nitrogen and oxygen atoms in total. The topological polar surface area (TPSA) is 67.3 Å². The monoisotopic (exact) mass is 392 g/mol. The van der Waals surface area contributed by atoms with Crippen molar-refractivity contribution in [3.63, 3.8) is 0 Å². The quantitative estimate of drug-likeness (QED) is 0.781. The van der Waals surface area contributed by atoms with Crippen molar-refractivity contribution in [2.45, 2.75) is 41.9 Å². The van der Waals surface area contributed by atoms with Crippen LogP contribution < -0.4 is 0 Å². The molecule has 1 aromatic carbocycles. The van der Waals surface area contributed by atoms with Gasteiger partial charge in [0.1, 0.15) is 0 Å². The van der Waals surface area contributed by atoms with E-state index in [1.165, 1.54) is 17.0 Å². The number of pyridine rings is 1. The van der Waals surface area contributed by atoms with Crippen LogP contribution in [0.15, 0.2) is 53.7 Å². The lowest BCUT2D eigenvalue weighted by molar-refractivity contribution is -0.133. The molecule has 0 N–H and O–H groups in total. The minimum atomic E-state index is -3.82. The van der Waals surface area contributed by atoms with E-state index in [-0.39, 0.29) is 10.8 Å². The SMILES string of the molecule is CN(Cc1cccnc1)C(=O)C1(S(=O)(=O)c2ccc(Cl)cc2)CCCC1. The molecule has 0 atom stereocenters. The average Bonchev–Trinajstić information content (AvgIpc) is 3.14. The van der Waals surface area contributed by atoms with Gasteiger partial charge in [-0.25, -0.2) is 8.42 Å². The van der Waals surface area contributed by atoms with E-state index in [1.807, 2.05) is 6.07 Å². The van der Waals surface area contributed by atoms with Crippen molar-refractivity contribution in [1.82, 2.24) is 9.88 Å². The summed E-state index contributed by atoms with van der Waals surface area (Å²) in [5, 5.41) is 0.462. The predicted octanol–water partition coefficient (Wildman–Crippen LogP) is 3.48. The molecular weight excluding hydrogens is 372 g/mol. The van der Waals surface area contributed by atoms with Gasteiger partial charge in [0.05, 0.1) is 4.90 Å². The number of carbonyl (C=O) groups excluding carboxylic acids is 1. The smallest absolute Gasteiger partial charge is 0.244 e. The first-order chi connectivity index (χ1) is 12.4. The van der Waals surface area contributed by atoms with Crippen molar-refractivity contribution in [2.24, 2.45) is 0 Å². The largest absolute Gasteiger partial charge is 0.340 e. The van der Waals surface area contributed by atoms with E-state index in [9.17, 15) is 13.2 Å². The Morgan fingerprint density at radius 2 is 1.85 bits per heavy atom. The molecule has 2 aromatic rings. The first-order valence-electron chi connectivity index (χ1n) is 8.51. The van der Waals surface area contributed by atoms with E-state index >= 15 is 0 Å². The van der Waals surface area contributed by atoms with Crippen LogP contribution in [0.2, 0.25) is 5.02 Å². The molecule has 1 fully saturated rings. The van der Waals surface area contributed by atoms with E-state index in [1.54, 1.807) is 37.6 Å². The van der Waals surface area contributed by atoms with Gasteiger partial charge in [0, 0.05) is 31.0 Å². The summed E-state index contributed by atoms with van der Waals surface area (Å²) in [6, 6.07) is 9.70. The number of nitrogens with zero attached hydrogens (tertiary/aromatic N) is 2. The molecule has 7 heteroatoms. The molecule has 0 aliphatic heterocycles. The number of carbonyl (C=O) groups is 1. The van der Waals surface area contributed by atoms with Crippen molar-refractivity contribution in [3.05, 3.63) is 59.4 Å². The Hall–Kier alpha value is -1.92. The fourth-order valence-corrected chi connectivity index (χ4v) is 5.85. The highest BCUT2D eigenvalue weighted by atomic mass is 35.5. The van der Waals surface area contributed by atoms with Crippen LogP contribution in [0.25, 0.3) is 0 Å². The highest BCUT2D eigenvalue weighted by molar-refractivity contribution is 7.93. The molecule has 26 heavy (non-hydrogen) atoms. The molecule has 1 aliphatic carbocycles. The summed E-state index contributed by atoms with van der Waals surface area (Å²) in [5.41, 5.74) is 0.861. The zero-order valence-corrected chi connectivity index (χ0v) is 16.1. The maximum absolute atomic E-state index is 13.4. The lowest BCUT2D eigenvalue weighted by Gasteiger charge is -2.32. The van der Waals surface area contributed by atoms with Crippen LogP contribution in [0.3, 0.4) is 0 Å². The summed E-state index contributed by atoms with van der Waals surface area (Å²) in [6.07, 6.45) is 5.47. The third kappa shape index (κ3) is 3.35. The molecular formula is C19H21ClN2O3S. The average molecular weight is 393 g/mol. The number of rotatable bonds is 5. The van der Waals surface area contributed by atoms with E-state index in [0.717, 1.165) is 18.4 Å². The first-order valence-corrected chi connectivity index (χ1v) is 10.4. The second-order valence-electron chi connectivity index (χ2n) is 6.68. The highest BCUT2D eigenvalue weighted by Gasteiger charge is 2.53. The van der Waals surface area contributed by atoms with E-state index in [2.05, 4.69) is 4.98 Å². The Balaban J connectivity index is 1.94. The third-order valence-corrected chi connectivity index (χ3v) is 7.68. The van der Waals surface area contributed by atoms with E-state index in [4.69, 9.17) is 11.6 Å². The number of hydrogen-bond acceptors (Lipinski definition) is 4. The van der Waals surface area contributed by atoms with E-state index < -0.39 is 14.6 Å². The molecule has 1 heterocycles. The Kier molecular flexibility index (Phi) is 5.34. The third-order valence-electron chi connectivity index (χ3n) is 4.93. The molecule has 1 aromatic heterocycles. The molecule has 0 bridgehead atoms. The summed E-state index contributed by atoms with van der Waals surface area (Å²) in [7, 11) is -2.17. The molecule has 1 amide bonds. The lowest BCUT2D eigenvalue weighted by atomic mass is 10.1. The summed E-state index contributed by atoms with van der Waals surface area (Å²) in [6.45, 7) is 0.324. The standard InChI is InChI=1S/C19H21ClN2O3S/c1-22(14-15-5-4-12-21-13-15)18(23)19(10-2-3-11-19)26(24,25)17-8-6-16(20)7-9-17/h4-9,12-13H,2-3,10-11,14H2,1H3. The van der Waals surface area contributed by atoms with Crippen LogP contribution in [-0.2, 0) is 21.2 Å². The maximum Gasteiger partial charge on any atom is 0.244 e. The van der Waals surface area contributed by atoms with Crippen molar-refractivity contribution < 1.29 is 13.2 Å². The number of aromatic nitrogens is 1. The van der Waals surface area contributed by atoms with Crippen LogP contribution in [-0.4, -0.2) is 36.0 Å². The molecule has 1 aliphatic rings. The minimum absolute atomic E-state index is 0.145. The van der Waals surface area contributed by atoms with Gasteiger partial charge in [-0.2, -0.15) is 0 Å². The van der Waals surface area contributed by atoms with Crippen molar-refractivity contribution in [2.75, 3.05) is 7.05 Å². The van der Waals surface area contributed by atoms with Crippen LogP contribution in [0, 0.1) is 0 Å².